The summed E-state index contributed by atoms with van der Waals surface area (Å²) in [5.41, 5.74) is 1.73. The molecule has 0 unspecified atom stereocenters. The van der Waals surface area contributed by atoms with E-state index in [1.165, 1.54) is 6.39 Å². The predicted molar refractivity (Wildman–Crippen MR) is 99.9 cm³/mol. The van der Waals surface area contributed by atoms with Gasteiger partial charge in [-0.2, -0.15) is 0 Å². The van der Waals surface area contributed by atoms with Gasteiger partial charge in [-0.25, -0.2) is 9.97 Å². The Morgan fingerprint density at radius 3 is 2.85 bits per heavy atom. The fraction of sp³-hybridized carbons (Fsp3) is 0.350. The molecule has 3 heterocycles. The number of piperidine rings is 1. The standard InChI is InChI=1S/C20H20ClN3O3/c1-13-18(26-12-23-13)20(25)24-8-2-3-15(11-24)19-22-10-17(27-19)9-14-4-6-16(21)7-5-14/h4-7,10,12,15H,2-3,8-9,11H2,1H3/t15-/m1/s1. The van der Waals surface area contributed by atoms with E-state index in [0.717, 1.165) is 24.2 Å². The molecule has 140 valence electrons. The van der Waals surface area contributed by atoms with Gasteiger partial charge in [0.2, 0.25) is 5.76 Å². The zero-order chi connectivity index (χ0) is 18.8. The summed E-state index contributed by atoms with van der Waals surface area (Å²) in [5.74, 6) is 1.77. The van der Waals surface area contributed by atoms with Crippen molar-refractivity contribution in [3.63, 3.8) is 0 Å². The molecule has 1 amide bonds. The van der Waals surface area contributed by atoms with Gasteiger partial charge < -0.3 is 13.7 Å². The molecule has 0 radical (unpaired) electrons. The summed E-state index contributed by atoms with van der Waals surface area (Å²) < 4.78 is 11.2. The van der Waals surface area contributed by atoms with E-state index in [1.807, 2.05) is 24.3 Å². The number of hydrogen-bond acceptors (Lipinski definition) is 5. The first-order valence-corrected chi connectivity index (χ1v) is 9.36. The highest BCUT2D eigenvalue weighted by Gasteiger charge is 2.30. The Kier molecular flexibility index (Phi) is 4.99. The zero-order valence-corrected chi connectivity index (χ0v) is 15.8. The van der Waals surface area contributed by atoms with Crippen molar-refractivity contribution < 1.29 is 13.6 Å². The van der Waals surface area contributed by atoms with Crippen molar-refractivity contribution in [3.8, 4) is 0 Å². The average Bonchev–Trinajstić information content (AvgIpc) is 3.32. The van der Waals surface area contributed by atoms with Gasteiger partial charge in [0.1, 0.15) is 5.76 Å². The number of aryl methyl sites for hydroxylation is 1. The van der Waals surface area contributed by atoms with E-state index in [0.29, 0.717) is 41.9 Å². The van der Waals surface area contributed by atoms with Gasteiger partial charge in [0.15, 0.2) is 12.3 Å². The molecule has 0 bridgehead atoms. The van der Waals surface area contributed by atoms with Gasteiger partial charge in [-0.15, -0.1) is 0 Å². The van der Waals surface area contributed by atoms with Crippen LogP contribution in [0.2, 0.25) is 5.02 Å². The van der Waals surface area contributed by atoms with Gasteiger partial charge in [0.05, 0.1) is 17.8 Å². The first-order chi connectivity index (χ1) is 13.1. The van der Waals surface area contributed by atoms with Crippen LogP contribution in [-0.4, -0.2) is 33.9 Å². The van der Waals surface area contributed by atoms with Gasteiger partial charge in [0.25, 0.3) is 5.91 Å². The lowest BCUT2D eigenvalue weighted by atomic mass is 9.97. The van der Waals surface area contributed by atoms with Crippen LogP contribution >= 0.6 is 11.6 Å². The largest absolute Gasteiger partial charge is 0.445 e. The number of nitrogens with zero attached hydrogens (tertiary/aromatic N) is 3. The highest BCUT2D eigenvalue weighted by Crippen LogP contribution is 2.28. The van der Waals surface area contributed by atoms with Gasteiger partial charge >= 0.3 is 0 Å². The van der Waals surface area contributed by atoms with E-state index in [2.05, 4.69) is 9.97 Å². The number of rotatable bonds is 4. The fourth-order valence-electron chi connectivity index (χ4n) is 3.41. The molecule has 1 aromatic carbocycles. The maximum atomic E-state index is 12.7. The molecule has 1 saturated heterocycles. The van der Waals surface area contributed by atoms with Crippen LogP contribution in [0.1, 0.15) is 52.2 Å². The van der Waals surface area contributed by atoms with Crippen LogP contribution in [0.5, 0.6) is 0 Å². The summed E-state index contributed by atoms with van der Waals surface area (Å²) in [6.07, 6.45) is 5.59. The number of benzene rings is 1. The number of likely N-dealkylation sites (tertiary alicyclic amines) is 1. The summed E-state index contributed by atoms with van der Waals surface area (Å²) in [4.78, 5) is 22.9. The number of amides is 1. The van der Waals surface area contributed by atoms with Gasteiger partial charge in [-0.1, -0.05) is 23.7 Å². The molecular weight excluding hydrogens is 366 g/mol. The van der Waals surface area contributed by atoms with Crippen LogP contribution in [0.15, 0.2) is 45.7 Å². The molecule has 0 aliphatic carbocycles. The van der Waals surface area contributed by atoms with Crippen molar-refractivity contribution in [2.75, 3.05) is 13.1 Å². The monoisotopic (exact) mass is 385 g/mol. The Morgan fingerprint density at radius 2 is 2.11 bits per heavy atom. The van der Waals surface area contributed by atoms with Crippen molar-refractivity contribution in [3.05, 3.63) is 70.5 Å². The lowest BCUT2D eigenvalue weighted by Gasteiger charge is -2.30. The van der Waals surface area contributed by atoms with Gasteiger partial charge in [-0.05, 0) is 37.5 Å². The maximum absolute atomic E-state index is 12.7. The SMILES string of the molecule is Cc1ncoc1C(=O)N1CCC[C@@H](c2ncc(Cc3ccc(Cl)cc3)o2)C1. The Balaban J connectivity index is 1.44. The smallest absolute Gasteiger partial charge is 0.291 e. The molecule has 6 nitrogen and oxygen atoms in total. The highest BCUT2D eigenvalue weighted by atomic mass is 35.5. The lowest BCUT2D eigenvalue weighted by molar-refractivity contribution is 0.0664. The van der Waals surface area contributed by atoms with Crippen molar-refractivity contribution in [2.45, 2.75) is 32.1 Å². The summed E-state index contributed by atoms with van der Waals surface area (Å²) in [6.45, 7) is 3.04. The van der Waals surface area contributed by atoms with Crippen LogP contribution in [0.4, 0.5) is 0 Å². The molecule has 0 saturated carbocycles. The molecule has 1 aliphatic heterocycles. The molecule has 1 atom stereocenters. The third-order valence-electron chi connectivity index (χ3n) is 4.86. The summed E-state index contributed by atoms with van der Waals surface area (Å²) in [5, 5.41) is 0.714. The van der Waals surface area contributed by atoms with E-state index in [9.17, 15) is 4.79 Å². The molecule has 27 heavy (non-hydrogen) atoms. The second kappa shape index (κ2) is 7.56. The van der Waals surface area contributed by atoms with E-state index in [4.69, 9.17) is 20.4 Å². The van der Waals surface area contributed by atoms with E-state index in [1.54, 1.807) is 18.0 Å². The number of halogens is 1. The highest BCUT2D eigenvalue weighted by molar-refractivity contribution is 6.30. The van der Waals surface area contributed by atoms with Crippen molar-refractivity contribution >= 4 is 17.5 Å². The minimum atomic E-state index is -0.123. The van der Waals surface area contributed by atoms with E-state index >= 15 is 0 Å². The molecule has 2 aromatic heterocycles. The first kappa shape index (κ1) is 17.8. The topological polar surface area (TPSA) is 72.4 Å². The van der Waals surface area contributed by atoms with Crippen LogP contribution in [0.3, 0.4) is 0 Å². The summed E-state index contributed by atoms with van der Waals surface area (Å²) in [6, 6.07) is 7.69. The second-order valence-electron chi connectivity index (χ2n) is 6.83. The third kappa shape index (κ3) is 3.90. The summed E-state index contributed by atoms with van der Waals surface area (Å²) >= 11 is 5.93. The number of oxazole rings is 2. The van der Waals surface area contributed by atoms with E-state index in [-0.39, 0.29) is 11.8 Å². The van der Waals surface area contributed by atoms with Crippen molar-refractivity contribution in [1.82, 2.24) is 14.9 Å². The maximum Gasteiger partial charge on any atom is 0.291 e. The molecule has 4 rings (SSSR count). The lowest BCUT2D eigenvalue weighted by Crippen LogP contribution is -2.39. The first-order valence-electron chi connectivity index (χ1n) is 8.98. The molecule has 7 heteroatoms. The van der Waals surface area contributed by atoms with Crippen LogP contribution in [-0.2, 0) is 6.42 Å². The number of hydrogen-bond donors (Lipinski definition) is 0. The van der Waals surface area contributed by atoms with E-state index < -0.39 is 0 Å². The molecule has 1 fully saturated rings. The summed E-state index contributed by atoms with van der Waals surface area (Å²) in [7, 11) is 0. The van der Waals surface area contributed by atoms with Crippen LogP contribution < -0.4 is 0 Å². The Labute approximate surface area is 162 Å². The van der Waals surface area contributed by atoms with Crippen molar-refractivity contribution in [2.24, 2.45) is 0 Å². The minimum absolute atomic E-state index is 0.0879. The van der Waals surface area contributed by atoms with Crippen LogP contribution in [0.25, 0.3) is 0 Å². The van der Waals surface area contributed by atoms with Crippen molar-refractivity contribution in [1.29, 1.82) is 0 Å². The fourth-order valence-corrected chi connectivity index (χ4v) is 3.54. The normalized spacial score (nSPS) is 17.3. The molecule has 0 spiro atoms. The Bertz CT molecular complexity index is 932. The molecule has 1 aliphatic rings. The van der Waals surface area contributed by atoms with Gasteiger partial charge in [0, 0.05) is 24.5 Å². The van der Waals surface area contributed by atoms with Gasteiger partial charge in [-0.3, -0.25) is 4.79 Å². The number of carbonyl (C=O) groups excluding carboxylic acids is 1. The predicted octanol–water partition coefficient (Wildman–Crippen LogP) is 4.24. The quantitative estimate of drug-likeness (QED) is 0.671. The third-order valence-corrected chi connectivity index (χ3v) is 5.11. The Morgan fingerprint density at radius 1 is 1.30 bits per heavy atom. The molecule has 3 aromatic rings. The Hall–Kier alpha value is -2.60. The van der Waals surface area contributed by atoms with Crippen LogP contribution in [0, 0.1) is 6.92 Å². The minimum Gasteiger partial charge on any atom is -0.445 e. The second-order valence-corrected chi connectivity index (χ2v) is 7.26. The molecular formula is C20H20ClN3O3. The average molecular weight is 386 g/mol. The number of carbonyl (C=O) groups is 1. The number of aromatic nitrogens is 2. The zero-order valence-electron chi connectivity index (χ0n) is 15.0. The molecule has 0 N–H and O–H groups in total.